The zero-order valence-electron chi connectivity index (χ0n) is 78.5. The Hall–Kier alpha value is -12.9. The Morgan fingerprint density at radius 2 is 0.781 bits per heavy atom. The van der Waals surface area contributed by atoms with Gasteiger partial charge in [-0.05, 0) is 259 Å². The molecule has 0 spiro atoms. The number of carboxylic acids is 1. The minimum atomic E-state index is -0.833. The number of benzene rings is 12. The molecule has 27 rings (SSSR count). The first kappa shape index (κ1) is 107. The van der Waals surface area contributed by atoms with Crippen LogP contribution in [0.4, 0.5) is 4.39 Å². The number of aromatic nitrogens is 16. The van der Waals surface area contributed by atoms with Crippen LogP contribution in [0.15, 0.2) is 387 Å². The molecule has 32 heteroatoms. The van der Waals surface area contributed by atoms with Gasteiger partial charge in [-0.2, -0.15) is 7.18 Å². The maximum atomic E-state index is 9.85. The molecule has 15 heterocycles. The molecule has 27 aromatic rings. The van der Waals surface area contributed by atoms with Gasteiger partial charge >= 0.3 is 144 Å². The third kappa shape index (κ3) is 22.6. The number of ether oxygens (including phenoxy) is 3. The van der Waals surface area contributed by atoms with Crippen LogP contribution in [0.3, 0.4) is 0 Å². The van der Waals surface area contributed by atoms with Crippen LogP contribution < -0.4 is 152 Å². The van der Waals surface area contributed by atoms with Crippen molar-refractivity contribution in [2.24, 2.45) is 0 Å². The Bertz CT molecular complexity index is 9330. The van der Waals surface area contributed by atoms with Gasteiger partial charge in [-0.1, -0.05) is 146 Å². The normalized spacial score (nSPS) is 10.7. The number of carboxylic acid groups (broad SMARTS) is 1. The average Bonchev–Trinajstić information content (AvgIpc) is 1.66. The predicted octanol–water partition coefficient (Wildman–Crippen LogP) is 23.4. The van der Waals surface area contributed by atoms with E-state index in [1.165, 1.54) is 27.2 Å². The molecule has 0 saturated heterocycles. The summed E-state index contributed by atoms with van der Waals surface area (Å²) in [7, 11) is 5.09. The number of halogens is 5. The third-order valence-corrected chi connectivity index (χ3v) is 25.2. The number of phenols is 1. The quantitative estimate of drug-likeness (QED) is 0.0198. The van der Waals surface area contributed by atoms with E-state index in [1.54, 1.807) is 45.9 Å². The van der Waals surface area contributed by atoms with Crippen molar-refractivity contribution in [1.82, 2.24) is 77.2 Å². The van der Waals surface area contributed by atoms with Crippen molar-refractivity contribution in [3.8, 4) is 51.8 Å². The molecule has 0 aliphatic heterocycles. The molecule has 0 bridgehead atoms. The Labute approximate surface area is 991 Å². The van der Waals surface area contributed by atoms with Crippen molar-refractivity contribution in [2.45, 2.75) is 21.8 Å². The molecule has 12 aromatic carbocycles. The van der Waals surface area contributed by atoms with E-state index in [1.807, 2.05) is 231 Å². The van der Waals surface area contributed by atoms with E-state index in [-0.39, 0.29) is 182 Å². The number of hydrogen-bond donors (Lipinski definition) is 4. The topological polar surface area (TPSA) is 300 Å². The zero-order valence-corrected chi connectivity index (χ0v) is 96.3. The van der Waals surface area contributed by atoms with Crippen LogP contribution >= 0.6 is 67.1 Å². The van der Waals surface area contributed by atoms with Crippen molar-refractivity contribution in [3.63, 3.8) is 0 Å². The number of carbonyl (C=O) groups excluding carboxylic acids is 1. The van der Waals surface area contributed by atoms with Gasteiger partial charge in [0.2, 0.25) is 0 Å². The molecule has 0 saturated carbocycles. The summed E-state index contributed by atoms with van der Waals surface area (Å²) in [5.41, 5.74) is 22.3. The van der Waals surface area contributed by atoms with E-state index in [0.717, 1.165) is 204 Å². The molecule has 25 nitrogen and oxygen atoms in total. The fraction of sp³-hybridized carbons (Fsp3) is 0.0439. The molecule has 714 valence electrons. The SMILES string of the molecule is Br.Brc1ccc2c3ccccc3n(-c3ccccn3)c2c1.C.C.CC(=O)O.COc1ccc(-c2nc3ccccc3[nH]2)cc1.COc1ccc2c(c1)c1ncccc1n1c3ccccc3nc21.Clc1ncccc1I.Oc1ccc2c(c1)c1ncccc1n1c3ccccc3nc21.[2H]OOC=O.[CH2-]F.[Cs+].[Cs+].c1ccc(-n2c3ccccc3c3ccc(Oc4ccc5c(c4)c4ncccc4n4c6ccccc6nc54)cc32)nc1. The van der Waals surface area contributed by atoms with Crippen LogP contribution in [0.25, 0.3) is 195 Å². The standard InChI is InChI=1S/C35H21N5O.C19H13N3O.C18H11N3O.C17H11BrN2.C14H12N2O.C5H3ClIN.C2H4O2.CH2F.CH2O3.2CH4.BrH.2Cs/c1-3-10-29-24(8-1)25-16-14-23(21-32(25)39(29)33-13-5-6-18-36-33)41-22-15-17-26-27(20-22)34-31(12-7-19-37-34)40-30-11-4-2-9-28(30)38-35(26)40;1-23-12-8-9-13-14(11-12)18-17(7-4-10-20-18)22-16-6-3-2-5-15(16)21-19(13)22;22-11-7-8-12-13(10-11)17-16(6-3-9-19-17)21-15-5-2-1-4-14(15)20-18(12)21;18-12-8-9-14-13-5-1-2-6-15(13)20(16(14)11-12)17-7-3-4-10-19-17;1-17-11-8-6-10(7-9-11)14-15-12-4-2-3-5-13(12)16-14;6-5-4(7)2-1-3-8-5;1-2(3)4;1-2;2-1-4-3;;;;;/h1-21H;2-11H,1H3;1-10,22H;1-11H;2-9H,1H3,(H,15,16);1-3H;1H3,(H,3,4);1H2;1,3H;2*1H4;1H;;/q;;;;;;;-1;;;;;2*+1/i/hD. The Kier molecular flexibility index (Phi) is 36.8. The van der Waals surface area contributed by atoms with Crippen molar-refractivity contribution in [3.05, 3.63) is 403 Å². The third-order valence-electron chi connectivity index (χ3n) is 23.3. The van der Waals surface area contributed by atoms with Crippen LogP contribution in [0.1, 0.15) is 21.8 Å². The minimum Gasteiger partial charge on any atom is -0.508 e. The van der Waals surface area contributed by atoms with E-state index >= 15 is 0 Å². The van der Waals surface area contributed by atoms with E-state index in [0.29, 0.717) is 5.15 Å². The van der Waals surface area contributed by atoms with Crippen LogP contribution in [0.5, 0.6) is 28.7 Å². The van der Waals surface area contributed by atoms with Gasteiger partial charge in [0.25, 0.3) is 7.40 Å². The second-order valence-electron chi connectivity index (χ2n) is 31.6. The van der Waals surface area contributed by atoms with Gasteiger partial charge in [0.1, 0.15) is 68.3 Å². The molecule has 0 atom stereocenters. The first-order valence-electron chi connectivity index (χ1n) is 44.3. The number of methoxy groups -OCH3 is 2. The van der Waals surface area contributed by atoms with Gasteiger partial charge in [0, 0.05) is 114 Å². The molecular weight excluding hydrogens is 2340 g/mol. The van der Waals surface area contributed by atoms with Crippen LogP contribution in [0, 0.1) is 10.7 Å². The number of H-pyrrole nitrogens is 1. The molecule has 4 N–H and O–H groups in total. The number of imidazole rings is 4. The molecular formula is C114H88Br2ClCs2FIN16O9+. The van der Waals surface area contributed by atoms with E-state index in [9.17, 15) is 9.50 Å². The smallest absolute Gasteiger partial charge is 0.508 e. The summed E-state index contributed by atoms with van der Waals surface area (Å²) in [4.78, 5) is 70.6. The average molecular weight is 2430 g/mol. The van der Waals surface area contributed by atoms with Gasteiger partial charge in [-0.3, -0.25) is 46.9 Å². The zero-order chi connectivity index (χ0) is 97.9. The summed E-state index contributed by atoms with van der Waals surface area (Å²) in [5.74, 6) is 5.27. The van der Waals surface area contributed by atoms with Crippen molar-refractivity contribution < 1.29 is 186 Å². The monoisotopic (exact) mass is 2430 g/mol. The van der Waals surface area contributed by atoms with Crippen LogP contribution in [0.2, 0.25) is 5.15 Å². The summed E-state index contributed by atoms with van der Waals surface area (Å²) >= 11 is 11.3. The summed E-state index contributed by atoms with van der Waals surface area (Å²) in [6, 6.07) is 115. The number of phenolic OH excluding ortho intramolecular Hbond substituents is 1. The molecule has 15 aromatic heterocycles. The number of para-hydroxylation sites is 10. The van der Waals surface area contributed by atoms with Gasteiger partial charge < -0.3 is 38.7 Å². The molecule has 0 aliphatic carbocycles. The summed E-state index contributed by atoms with van der Waals surface area (Å²) in [5, 5.41) is 31.8. The number of carbonyl (C=O) groups is 2. The van der Waals surface area contributed by atoms with E-state index in [2.05, 4.69) is 233 Å². The Balaban J connectivity index is 0.000000142. The fourth-order valence-corrected chi connectivity index (χ4v) is 18.2. The minimum absolute atomic E-state index is 0. The van der Waals surface area contributed by atoms with Gasteiger partial charge in [-0.25, -0.2) is 40.1 Å². The Morgan fingerprint density at radius 3 is 1.22 bits per heavy atom. The fourth-order valence-electron chi connectivity index (χ4n) is 17.4. The maximum Gasteiger partial charge on any atom is 1.00 e. The second kappa shape index (κ2) is 50.0. The number of hydrogen-bond acceptors (Lipinski definition) is 18. The summed E-state index contributed by atoms with van der Waals surface area (Å²) < 4.78 is 44.9. The number of rotatable bonds is 9. The largest absolute Gasteiger partial charge is 1.00 e. The van der Waals surface area contributed by atoms with Crippen molar-refractivity contribution in [1.29, 1.82) is 1.43 Å². The predicted molar refractivity (Wildman–Crippen MR) is 593 cm³/mol. The number of nitrogens with zero attached hydrogens (tertiary/aromatic N) is 15. The number of fused-ring (bicyclic) bond motifs is 31. The molecule has 146 heavy (non-hydrogen) atoms. The van der Waals surface area contributed by atoms with E-state index in [4.69, 9.17) is 61.9 Å². The van der Waals surface area contributed by atoms with E-state index < -0.39 is 5.97 Å². The number of pyridine rings is 9. The maximum absolute atomic E-state index is 9.85. The number of aromatic amines is 1. The molecule has 0 aliphatic rings. The molecule has 0 fully saturated rings. The molecule has 0 radical (unpaired) electrons. The van der Waals surface area contributed by atoms with Crippen LogP contribution in [-0.2, 0) is 14.5 Å². The van der Waals surface area contributed by atoms with Crippen molar-refractivity contribution in [2.75, 3.05) is 14.2 Å². The number of aromatic hydroxyl groups is 1. The molecule has 0 unspecified atom stereocenters. The van der Waals surface area contributed by atoms with Gasteiger partial charge in [-0.15, -0.1) is 17.0 Å². The number of aliphatic carboxylic acids is 1. The van der Waals surface area contributed by atoms with Gasteiger partial charge in [0.05, 0.1) is 117 Å². The van der Waals surface area contributed by atoms with Crippen LogP contribution in [-0.4, -0.2) is 119 Å². The Morgan fingerprint density at radius 1 is 0.411 bits per heavy atom. The first-order valence-corrected chi connectivity index (χ1v) is 46.2. The second-order valence-corrected chi connectivity index (χ2v) is 34.0. The van der Waals surface area contributed by atoms with Gasteiger partial charge in [0.15, 0.2) is 0 Å². The summed E-state index contributed by atoms with van der Waals surface area (Å²) in [6.07, 6.45) is 10.8. The van der Waals surface area contributed by atoms with Crippen molar-refractivity contribution >= 4 is 250 Å². The number of nitrogens with one attached hydrogen (secondary N) is 1. The molecule has 0 amide bonds. The first-order chi connectivity index (χ1) is 69.7. The summed E-state index contributed by atoms with van der Waals surface area (Å²) in [6.45, 7) is 1.10.